The van der Waals surface area contributed by atoms with E-state index in [4.69, 9.17) is 0 Å². The number of nitrogens with one attached hydrogen (secondary N) is 1. The monoisotopic (exact) mass is 344 g/mol. The average Bonchev–Trinajstić information content (AvgIpc) is 2.60. The standard InChI is InChI=1S/C18H20N4O.ClH/c1-12-10-15(14-4-2-3-5-16(14)19-12)18(23)21-20-17-11-22-8-6-13(17)7-9-22;/h2-5,10,13H,6-9,11H2,1H3,(H,21,23);1H. The zero-order valence-electron chi connectivity index (χ0n) is 13.7. The van der Waals surface area contributed by atoms with E-state index in [0.717, 1.165) is 54.8 Å². The van der Waals surface area contributed by atoms with Crippen molar-refractivity contribution in [3.8, 4) is 0 Å². The molecule has 1 aromatic heterocycles. The Balaban J connectivity index is 0.00000169. The Hall–Kier alpha value is -1.98. The summed E-state index contributed by atoms with van der Waals surface area (Å²) in [6.07, 6.45) is 2.32. The highest BCUT2D eigenvalue weighted by atomic mass is 35.5. The van der Waals surface area contributed by atoms with Gasteiger partial charge >= 0.3 is 0 Å². The van der Waals surface area contributed by atoms with E-state index in [1.165, 1.54) is 0 Å². The van der Waals surface area contributed by atoms with Crippen molar-refractivity contribution in [1.29, 1.82) is 0 Å². The molecule has 5 nitrogen and oxygen atoms in total. The molecular weight excluding hydrogens is 324 g/mol. The van der Waals surface area contributed by atoms with Crippen LogP contribution >= 0.6 is 12.4 Å². The number of pyridine rings is 1. The van der Waals surface area contributed by atoms with Crippen LogP contribution in [0.15, 0.2) is 35.4 Å². The molecule has 0 radical (unpaired) electrons. The molecule has 1 N–H and O–H groups in total. The van der Waals surface area contributed by atoms with Gasteiger partial charge in [-0.05, 0) is 45.0 Å². The number of hydrazone groups is 1. The highest BCUT2D eigenvalue weighted by Gasteiger charge is 2.31. The van der Waals surface area contributed by atoms with Crippen molar-refractivity contribution < 1.29 is 4.79 Å². The third-order valence-electron chi connectivity index (χ3n) is 4.83. The first-order valence-electron chi connectivity index (χ1n) is 8.16. The summed E-state index contributed by atoms with van der Waals surface area (Å²) in [5.41, 5.74) is 6.20. The minimum absolute atomic E-state index is 0. The maximum absolute atomic E-state index is 12.6. The highest BCUT2D eigenvalue weighted by molar-refractivity contribution is 6.06. The molecule has 2 bridgehead atoms. The SMILES string of the molecule is Cc1cc(C(=O)NN=C2CN3CCC2CC3)c2ccccc2n1.Cl. The van der Waals surface area contributed by atoms with Crippen LogP contribution in [0.2, 0.25) is 0 Å². The normalized spacial score (nSPS) is 24.0. The molecule has 1 amide bonds. The smallest absolute Gasteiger partial charge is 0.272 e. The lowest BCUT2D eigenvalue weighted by molar-refractivity contribution is 0.0954. The van der Waals surface area contributed by atoms with Crippen LogP contribution in [0.4, 0.5) is 0 Å². The lowest BCUT2D eigenvalue weighted by Gasteiger charge is -2.39. The van der Waals surface area contributed by atoms with E-state index in [2.05, 4.69) is 20.4 Å². The summed E-state index contributed by atoms with van der Waals surface area (Å²) in [7, 11) is 0. The Labute approximate surface area is 147 Å². The minimum atomic E-state index is -0.157. The molecule has 3 fully saturated rings. The van der Waals surface area contributed by atoms with E-state index < -0.39 is 0 Å². The number of amides is 1. The van der Waals surface area contributed by atoms with Gasteiger partial charge in [0.25, 0.3) is 5.91 Å². The van der Waals surface area contributed by atoms with Gasteiger partial charge in [0.2, 0.25) is 0 Å². The molecule has 24 heavy (non-hydrogen) atoms. The molecule has 5 rings (SSSR count). The molecule has 1 aromatic carbocycles. The number of nitrogens with zero attached hydrogens (tertiary/aromatic N) is 3. The van der Waals surface area contributed by atoms with Gasteiger partial charge < -0.3 is 0 Å². The number of carbonyl (C=O) groups is 1. The zero-order valence-corrected chi connectivity index (χ0v) is 14.5. The molecule has 0 saturated carbocycles. The van der Waals surface area contributed by atoms with Gasteiger partial charge in [-0.15, -0.1) is 12.4 Å². The second kappa shape index (κ2) is 6.87. The average molecular weight is 345 g/mol. The van der Waals surface area contributed by atoms with Crippen LogP contribution in [0, 0.1) is 12.8 Å². The number of carbonyl (C=O) groups excluding carboxylic acids is 1. The number of benzene rings is 1. The topological polar surface area (TPSA) is 57.6 Å². The summed E-state index contributed by atoms with van der Waals surface area (Å²) in [4.78, 5) is 19.5. The predicted molar refractivity (Wildman–Crippen MR) is 97.8 cm³/mol. The van der Waals surface area contributed by atoms with Crippen LogP contribution in [0.3, 0.4) is 0 Å². The summed E-state index contributed by atoms with van der Waals surface area (Å²) in [6, 6.07) is 9.55. The molecule has 126 valence electrons. The molecule has 3 saturated heterocycles. The molecule has 3 aliphatic rings. The van der Waals surface area contributed by atoms with E-state index in [-0.39, 0.29) is 18.3 Å². The van der Waals surface area contributed by atoms with Gasteiger partial charge in [-0.25, -0.2) is 5.43 Å². The fourth-order valence-corrected chi connectivity index (χ4v) is 3.59. The largest absolute Gasteiger partial charge is 0.298 e. The summed E-state index contributed by atoms with van der Waals surface area (Å²) in [5.74, 6) is 0.381. The molecule has 0 unspecified atom stereocenters. The lowest BCUT2D eigenvalue weighted by atomic mass is 9.87. The van der Waals surface area contributed by atoms with Crippen LogP contribution in [-0.4, -0.2) is 41.1 Å². The van der Waals surface area contributed by atoms with Crippen molar-refractivity contribution in [3.63, 3.8) is 0 Å². The maximum Gasteiger partial charge on any atom is 0.272 e. The van der Waals surface area contributed by atoms with Gasteiger partial charge in [0.1, 0.15) is 0 Å². The first kappa shape index (κ1) is 16.9. The fraction of sp³-hybridized carbons (Fsp3) is 0.389. The molecule has 2 aromatic rings. The molecular formula is C18H21ClN4O. The van der Waals surface area contributed by atoms with Crippen molar-refractivity contribution in [2.24, 2.45) is 11.0 Å². The van der Waals surface area contributed by atoms with Gasteiger partial charge in [0.05, 0.1) is 16.8 Å². The van der Waals surface area contributed by atoms with E-state index in [1.807, 2.05) is 37.3 Å². The summed E-state index contributed by atoms with van der Waals surface area (Å²) in [5, 5.41) is 5.30. The molecule has 0 aliphatic carbocycles. The number of halogens is 1. The van der Waals surface area contributed by atoms with Gasteiger partial charge in [-0.2, -0.15) is 5.10 Å². The number of aryl methyl sites for hydroxylation is 1. The van der Waals surface area contributed by atoms with Crippen molar-refractivity contribution in [1.82, 2.24) is 15.3 Å². The highest BCUT2D eigenvalue weighted by Crippen LogP contribution is 2.25. The number of aromatic nitrogens is 1. The van der Waals surface area contributed by atoms with E-state index in [0.29, 0.717) is 11.5 Å². The van der Waals surface area contributed by atoms with Crippen molar-refractivity contribution in [2.45, 2.75) is 19.8 Å². The van der Waals surface area contributed by atoms with Crippen LogP contribution in [0.25, 0.3) is 10.9 Å². The van der Waals surface area contributed by atoms with Gasteiger partial charge in [0, 0.05) is 23.5 Å². The second-order valence-corrected chi connectivity index (χ2v) is 6.42. The van der Waals surface area contributed by atoms with Crippen LogP contribution in [0.1, 0.15) is 28.9 Å². The molecule has 0 spiro atoms. The Morgan fingerprint density at radius 3 is 2.75 bits per heavy atom. The van der Waals surface area contributed by atoms with Gasteiger partial charge in [-0.3, -0.25) is 14.7 Å². The summed E-state index contributed by atoms with van der Waals surface area (Å²) in [6.45, 7) is 5.11. The maximum atomic E-state index is 12.6. The number of para-hydroxylation sites is 1. The predicted octanol–water partition coefficient (Wildman–Crippen LogP) is 2.78. The third kappa shape index (κ3) is 3.14. The zero-order chi connectivity index (χ0) is 15.8. The first-order chi connectivity index (χ1) is 11.2. The molecule has 3 aliphatic heterocycles. The first-order valence-corrected chi connectivity index (χ1v) is 8.16. The molecule has 4 heterocycles. The van der Waals surface area contributed by atoms with Crippen LogP contribution < -0.4 is 5.43 Å². The van der Waals surface area contributed by atoms with Crippen molar-refractivity contribution in [2.75, 3.05) is 19.6 Å². The Kier molecular flexibility index (Phi) is 4.83. The summed E-state index contributed by atoms with van der Waals surface area (Å²) < 4.78 is 0. The van der Waals surface area contributed by atoms with Crippen molar-refractivity contribution >= 4 is 34.9 Å². The molecule has 0 atom stereocenters. The summed E-state index contributed by atoms with van der Waals surface area (Å²) >= 11 is 0. The van der Waals surface area contributed by atoms with Crippen molar-refractivity contribution in [3.05, 3.63) is 41.6 Å². The fourth-order valence-electron chi connectivity index (χ4n) is 3.59. The van der Waals surface area contributed by atoms with E-state index in [9.17, 15) is 4.79 Å². The second-order valence-electron chi connectivity index (χ2n) is 6.42. The van der Waals surface area contributed by atoms with Gasteiger partial charge in [0.15, 0.2) is 0 Å². The molecule has 6 heteroatoms. The number of piperidine rings is 3. The lowest BCUT2D eigenvalue weighted by Crippen LogP contribution is -2.48. The van der Waals surface area contributed by atoms with Crippen LogP contribution in [0.5, 0.6) is 0 Å². The Morgan fingerprint density at radius 1 is 1.29 bits per heavy atom. The van der Waals surface area contributed by atoms with E-state index in [1.54, 1.807) is 0 Å². The third-order valence-corrected chi connectivity index (χ3v) is 4.83. The Bertz CT molecular complexity index is 797. The van der Waals surface area contributed by atoms with Crippen LogP contribution in [-0.2, 0) is 0 Å². The van der Waals surface area contributed by atoms with Gasteiger partial charge in [-0.1, -0.05) is 18.2 Å². The van der Waals surface area contributed by atoms with E-state index >= 15 is 0 Å². The number of fused-ring (bicyclic) bond motifs is 4. The number of hydrogen-bond donors (Lipinski definition) is 1. The number of rotatable bonds is 2. The minimum Gasteiger partial charge on any atom is -0.298 e. The quantitative estimate of drug-likeness (QED) is 0.852. The Morgan fingerprint density at radius 2 is 2.04 bits per heavy atom. The number of hydrogen-bond acceptors (Lipinski definition) is 4.